The molecule has 0 saturated carbocycles. The molecule has 0 saturated heterocycles. The molecular formula is C13H23BrN2O2. The molecule has 104 valence electrons. The van der Waals surface area contributed by atoms with Crippen molar-refractivity contribution < 1.29 is 10.2 Å². The molecule has 1 rings (SSSR count). The minimum atomic E-state index is -0.458. The van der Waals surface area contributed by atoms with Gasteiger partial charge < -0.3 is 10.2 Å². The number of aliphatic hydroxyl groups is 2. The second-order valence-corrected chi connectivity index (χ2v) is 5.52. The van der Waals surface area contributed by atoms with E-state index in [1.54, 1.807) is 0 Å². The third-order valence-corrected chi connectivity index (χ3v) is 4.57. The second-order valence-electron chi connectivity index (χ2n) is 4.72. The van der Waals surface area contributed by atoms with Crippen molar-refractivity contribution in [3.63, 3.8) is 0 Å². The van der Waals surface area contributed by atoms with Crippen molar-refractivity contribution in [1.82, 2.24) is 9.78 Å². The average molecular weight is 319 g/mol. The lowest BCUT2D eigenvalue weighted by atomic mass is 9.82. The predicted molar refractivity (Wildman–Crippen MR) is 75.6 cm³/mol. The number of halogens is 1. The molecule has 1 aromatic heterocycles. The summed E-state index contributed by atoms with van der Waals surface area (Å²) in [5.74, 6) is 0. The Morgan fingerprint density at radius 3 is 2.22 bits per heavy atom. The van der Waals surface area contributed by atoms with Crippen LogP contribution in [-0.4, -0.2) is 33.2 Å². The van der Waals surface area contributed by atoms with Gasteiger partial charge in [-0.3, -0.25) is 4.68 Å². The molecule has 0 unspecified atom stereocenters. The topological polar surface area (TPSA) is 58.3 Å². The van der Waals surface area contributed by atoms with Crippen molar-refractivity contribution >= 4 is 15.9 Å². The standard InChI is InChI=1S/C13H23BrN2O2/c1-4-10-12(14)11(16(6-3)15-10)7-13(5-2,8-17)9-18/h17-18H,4-9H2,1-3H3. The van der Waals surface area contributed by atoms with Crippen LogP contribution in [0.5, 0.6) is 0 Å². The van der Waals surface area contributed by atoms with Crippen LogP contribution in [-0.2, 0) is 19.4 Å². The quantitative estimate of drug-likeness (QED) is 0.810. The Hall–Kier alpha value is -0.390. The highest BCUT2D eigenvalue weighted by molar-refractivity contribution is 9.10. The molecule has 18 heavy (non-hydrogen) atoms. The van der Waals surface area contributed by atoms with Gasteiger partial charge in [-0.25, -0.2) is 0 Å². The van der Waals surface area contributed by atoms with E-state index >= 15 is 0 Å². The molecule has 0 fully saturated rings. The van der Waals surface area contributed by atoms with Gasteiger partial charge in [0.15, 0.2) is 0 Å². The van der Waals surface area contributed by atoms with Crippen molar-refractivity contribution in [3.05, 3.63) is 15.9 Å². The summed E-state index contributed by atoms with van der Waals surface area (Å²) in [7, 11) is 0. The maximum Gasteiger partial charge on any atom is 0.0766 e. The monoisotopic (exact) mass is 318 g/mol. The Morgan fingerprint density at radius 1 is 1.22 bits per heavy atom. The molecular weight excluding hydrogens is 296 g/mol. The first-order valence-electron chi connectivity index (χ1n) is 6.53. The summed E-state index contributed by atoms with van der Waals surface area (Å²) in [6.45, 7) is 6.89. The smallest absolute Gasteiger partial charge is 0.0766 e. The Kier molecular flexibility index (Phi) is 5.82. The number of hydrogen-bond acceptors (Lipinski definition) is 3. The fraction of sp³-hybridized carbons (Fsp3) is 0.769. The summed E-state index contributed by atoms with van der Waals surface area (Å²) < 4.78 is 2.98. The number of rotatable bonds is 7. The molecule has 0 atom stereocenters. The molecule has 1 heterocycles. The third-order valence-electron chi connectivity index (χ3n) is 3.66. The first kappa shape index (κ1) is 15.7. The zero-order valence-corrected chi connectivity index (χ0v) is 13.0. The molecule has 0 aromatic carbocycles. The lowest BCUT2D eigenvalue weighted by Gasteiger charge is -2.28. The maximum absolute atomic E-state index is 9.55. The number of aliphatic hydroxyl groups excluding tert-OH is 2. The van der Waals surface area contributed by atoms with Crippen LogP contribution < -0.4 is 0 Å². The van der Waals surface area contributed by atoms with Crippen molar-refractivity contribution in [2.24, 2.45) is 5.41 Å². The van der Waals surface area contributed by atoms with E-state index in [0.29, 0.717) is 6.42 Å². The Morgan fingerprint density at radius 2 is 1.83 bits per heavy atom. The zero-order chi connectivity index (χ0) is 13.8. The van der Waals surface area contributed by atoms with E-state index in [9.17, 15) is 10.2 Å². The van der Waals surface area contributed by atoms with Gasteiger partial charge in [-0.2, -0.15) is 5.10 Å². The third kappa shape index (κ3) is 2.95. The van der Waals surface area contributed by atoms with Gasteiger partial charge in [0.2, 0.25) is 0 Å². The zero-order valence-electron chi connectivity index (χ0n) is 11.4. The van der Waals surface area contributed by atoms with Gasteiger partial charge in [0, 0.05) is 18.4 Å². The molecule has 0 amide bonds. The van der Waals surface area contributed by atoms with Gasteiger partial charge in [0.25, 0.3) is 0 Å². The summed E-state index contributed by atoms with van der Waals surface area (Å²) in [6.07, 6.45) is 2.25. The highest BCUT2D eigenvalue weighted by Gasteiger charge is 2.30. The normalized spacial score (nSPS) is 12.1. The van der Waals surface area contributed by atoms with Crippen LogP contribution in [0.15, 0.2) is 4.47 Å². The van der Waals surface area contributed by atoms with Gasteiger partial charge in [0.05, 0.1) is 29.1 Å². The van der Waals surface area contributed by atoms with Crippen LogP contribution in [0.25, 0.3) is 0 Å². The molecule has 5 heteroatoms. The van der Waals surface area contributed by atoms with Crippen molar-refractivity contribution in [1.29, 1.82) is 0 Å². The van der Waals surface area contributed by atoms with E-state index in [1.807, 2.05) is 18.5 Å². The number of aryl methyl sites for hydroxylation is 2. The Bertz CT molecular complexity index is 378. The van der Waals surface area contributed by atoms with Gasteiger partial charge in [-0.05, 0) is 35.7 Å². The fourth-order valence-electron chi connectivity index (χ4n) is 2.05. The molecule has 0 aliphatic heterocycles. The minimum absolute atomic E-state index is 0.0111. The van der Waals surface area contributed by atoms with E-state index in [1.165, 1.54) is 0 Å². The highest BCUT2D eigenvalue weighted by Crippen LogP contribution is 2.31. The van der Waals surface area contributed by atoms with Crippen molar-refractivity contribution in [2.75, 3.05) is 13.2 Å². The molecule has 2 N–H and O–H groups in total. The highest BCUT2D eigenvalue weighted by atomic mass is 79.9. The average Bonchev–Trinajstić information content (AvgIpc) is 2.72. The summed E-state index contributed by atoms with van der Waals surface area (Å²) in [6, 6.07) is 0. The molecule has 0 bridgehead atoms. The SMILES string of the molecule is CCc1nn(CC)c(CC(CC)(CO)CO)c1Br. The largest absolute Gasteiger partial charge is 0.396 e. The molecule has 0 aliphatic rings. The molecule has 0 aliphatic carbocycles. The van der Waals surface area contributed by atoms with Crippen molar-refractivity contribution in [2.45, 2.75) is 46.6 Å². The predicted octanol–water partition coefficient (Wildman–Crippen LogP) is 2.15. The number of hydrogen-bond donors (Lipinski definition) is 2. The van der Waals surface area contributed by atoms with Gasteiger partial charge in [-0.15, -0.1) is 0 Å². The van der Waals surface area contributed by atoms with E-state index in [-0.39, 0.29) is 13.2 Å². The van der Waals surface area contributed by atoms with Gasteiger partial charge in [-0.1, -0.05) is 13.8 Å². The summed E-state index contributed by atoms with van der Waals surface area (Å²) in [5.41, 5.74) is 1.65. The molecule has 4 nitrogen and oxygen atoms in total. The van der Waals surface area contributed by atoms with Crippen molar-refractivity contribution in [3.8, 4) is 0 Å². The first-order chi connectivity index (χ1) is 8.57. The van der Waals surface area contributed by atoms with Crippen LogP contribution in [0, 0.1) is 5.41 Å². The van der Waals surface area contributed by atoms with Crippen LogP contribution >= 0.6 is 15.9 Å². The summed E-state index contributed by atoms with van der Waals surface area (Å²) >= 11 is 3.60. The van der Waals surface area contributed by atoms with Crippen LogP contribution in [0.2, 0.25) is 0 Å². The lowest BCUT2D eigenvalue weighted by Crippen LogP contribution is -2.32. The van der Waals surface area contributed by atoms with E-state index in [2.05, 4.69) is 28.0 Å². The molecule has 0 radical (unpaired) electrons. The minimum Gasteiger partial charge on any atom is -0.396 e. The summed E-state index contributed by atoms with van der Waals surface area (Å²) in [4.78, 5) is 0. The molecule has 1 aromatic rings. The fourth-order valence-corrected chi connectivity index (χ4v) is 2.76. The van der Waals surface area contributed by atoms with Gasteiger partial charge >= 0.3 is 0 Å². The Labute approximate surface area is 117 Å². The number of nitrogens with zero attached hydrogens (tertiary/aromatic N) is 2. The maximum atomic E-state index is 9.55. The van der Waals surface area contributed by atoms with E-state index in [4.69, 9.17) is 0 Å². The second kappa shape index (κ2) is 6.68. The number of aromatic nitrogens is 2. The Balaban J connectivity index is 3.12. The van der Waals surface area contributed by atoms with Gasteiger partial charge in [0.1, 0.15) is 0 Å². The molecule has 0 spiro atoms. The first-order valence-corrected chi connectivity index (χ1v) is 7.32. The van der Waals surface area contributed by atoms with E-state index < -0.39 is 5.41 Å². The van der Waals surface area contributed by atoms with Crippen LogP contribution in [0.1, 0.15) is 38.6 Å². The van der Waals surface area contributed by atoms with Crippen LogP contribution in [0.3, 0.4) is 0 Å². The van der Waals surface area contributed by atoms with Crippen LogP contribution in [0.4, 0.5) is 0 Å². The lowest BCUT2D eigenvalue weighted by molar-refractivity contribution is 0.0496. The van der Waals surface area contributed by atoms with E-state index in [0.717, 1.165) is 35.2 Å². The summed E-state index contributed by atoms with van der Waals surface area (Å²) in [5, 5.41) is 23.6.